The first-order valence-electron chi connectivity index (χ1n) is 4.42. The Morgan fingerprint density at radius 3 is 2.86 bits per heavy atom. The van der Waals surface area contributed by atoms with E-state index in [4.69, 9.17) is 16.3 Å². The van der Waals surface area contributed by atoms with E-state index in [9.17, 15) is 0 Å². The summed E-state index contributed by atoms with van der Waals surface area (Å²) in [6.07, 6.45) is 0. The van der Waals surface area contributed by atoms with Crippen molar-refractivity contribution >= 4 is 11.6 Å². The lowest BCUT2D eigenvalue weighted by molar-refractivity contribution is 0.349. The SMILES string of the molecule is C=C(CNC)COc1ccccc1Cl. The molecule has 0 amide bonds. The van der Waals surface area contributed by atoms with Crippen LogP contribution in [0.2, 0.25) is 5.02 Å². The molecule has 3 heteroatoms. The Kier molecular flexibility index (Phi) is 4.50. The second-order valence-corrected chi connectivity index (χ2v) is 3.41. The van der Waals surface area contributed by atoms with Gasteiger partial charge in [-0.1, -0.05) is 30.3 Å². The van der Waals surface area contributed by atoms with Crippen molar-refractivity contribution in [1.29, 1.82) is 0 Å². The highest BCUT2D eigenvalue weighted by Crippen LogP contribution is 2.23. The summed E-state index contributed by atoms with van der Waals surface area (Å²) in [5, 5.41) is 3.64. The molecule has 0 heterocycles. The first-order chi connectivity index (χ1) is 6.74. The number of ether oxygens (including phenoxy) is 1. The van der Waals surface area contributed by atoms with Crippen LogP contribution in [0, 0.1) is 0 Å². The van der Waals surface area contributed by atoms with E-state index in [-0.39, 0.29) is 0 Å². The van der Waals surface area contributed by atoms with Gasteiger partial charge in [0.25, 0.3) is 0 Å². The van der Waals surface area contributed by atoms with Crippen LogP contribution in [0.1, 0.15) is 0 Å². The molecule has 14 heavy (non-hydrogen) atoms. The van der Waals surface area contributed by atoms with Crippen LogP contribution in [0.3, 0.4) is 0 Å². The fraction of sp³-hybridized carbons (Fsp3) is 0.273. The first-order valence-corrected chi connectivity index (χ1v) is 4.80. The van der Waals surface area contributed by atoms with E-state index >= 15 is 0 Å². The predicted octanol–water partition coefficient (Wildman–Crippen LogP) is 2.49. The molecule has 0 fully saturated rings. The molecule has 0 atom stereocenters. The van der Waals surface area contributed by atoms with Gasteiger partial charge in [-0.3, -0.25) is 0 Å². The van der Waals surface area contributed by atoms with Crippen LogP contribution in [-0.2, 0) is 0 Å². The fourth-order valence-corrected chi connectivity index (χ4v) is 1.23. The second kappa shape index (κ2) is 5.68. The Bertz CT molecular complexity index is 312. The van der Waals surface area contributed by atoms with Crippen molar-refractivity contribution in [3.8, 4) is 5.75 Å². The number of hydrogen-bond donors (Lipinski definition) is 1. The highest BCUT2D eigenvalue weighted by molar-refractivity contribution is 6.32. The van der Waals surface area contributed by atoms with Crippen LogP contribution in [0.4, 0.5) is 0 Å². The molecule has 1 aromatic rings. The summed E-state index contributed by atoms with van der Waals surface area (Å²) in [6.45, 7) is 5.10. The van der Waals surface area contributed by atoms with Gasteiger partial charge >= 0.3 is 0 Å². The summed E-state index contributed by atoms with van der Waals surface area (Å²) in [4.78, 5) is 0. The van der Waals surface area contributed by atoms with E-state index in [1.807, 2.05) is 25.2 Å². The largest absolute Gasteiger partial charge is 0.488 e. The minimum atomic E-state index is 0.491. The van der Waals surface area contributed by atoms with Gasteiger partial charge in [-0.15, -0.1) is 0 Å². The van der Waals surface area contributed by atoms with Crippen LogP contribution in [-0.4, -0.2) is 20.2 Å². The lowest BCUT2D eigenvalue weighted by atomic mass is 10.3. The van der Waals surface area contributed by atoms with Crippen molar-refractivity contribution in [2.75, 3.05) is 20.2 Å². The van der Waals surface area contributed by atoms with E-state index in [2.05, 4.69) is 11.9 Å². The molecule has 0 radical (unpaired) electrons. The van der Waals surface area contributed by atoms with Crippen molar-refractivity contribution in [3.63, 3.8) is 0 Å². The summed E-state index contributed by atoms with van der Waals surface area (Å²) in [7, 11) is 1.88. The minimum absolute atomic E-state index is 0.491. The van der Waals surface area contributed by atoms with Gasteiger partial charge in [0.1, 0.15) is 12.4 Å². The van der Waals surface area contributed by atoms with Gasteiger partial charge in [0.2, 0.25) is 0 Å². The quantitative estimate of drug-likeness (QED) is 0.756. The van der Waals surface area contributed by atoms with Crippen molar-refractivity contribution < 1.29 is 4.74 Å². The molecule has 0 spiro atoms. The number of benzene rings is 1. The van der Waals surface area contributed by atoms with Gasteiger partial charge in [-0.2, -0.15) is 0 Å². The molecule has 0 bridgehead atoms. The molecule has 0 aliphatic heterocycles. The van der Waals surface area contributed by atoms with Crippen molar-refractivity contribution in [2.24, 2.45) is 0 Å². The number of hydrogen-bond acceptors (Lipinski definition) is 2. The molecule has 0 unspecified atom stereocenters. The average Bonchev–Trinajstić information content (AvgIpc) is 2.17. The molecule has 1 aromatic carbocycles. The Hall–Kier alpha value is -0.990. The van der Waals surface area contributed by atoms with Gasteiger partial charge in [0.15, 0.2) is 0 Å². The summed E-state index contributed by atoms with van der Waals surface area (Å²) < 4.78 is 5.48. The topological polar surface area (TPSA) is 21.3 Å². The van der Waals surface area contributed by atoms with Crippen LogP contribution in [0.15, 0.2) is 36.4 Å². The lowest BCUT2D eigenvalue weighted by Crippen LogP contribution is -2.14. The van der Waals surface area contributed by atoms with Crippen LogP contribution in [0.25, 0.3) is 0 Å². The maximum atomic E-state index is 5.91. The fourth-order valence-electron chi connectivity index (χ4n) is 1.04. The van der Waals surface area contributed by atoms with E-state index < -0.39 is 0 Å². The molecule has 1 N–H and O–H groups in total. The Morgan fingerprint density at radius 2 is 2.21 bits per heavy atom. The smallest absolute Gasteiger partial charge is 0.138 e. The molecule has 0 saturated carbocycles. The number of para-hydroxylation sites is 1. The van der Waals surface area contributed by atoms with E-state index in [0.717, 1.165) is 12.1 Å². The molecule has 1 rings (SSSR count). The summed E-state index contributed by atoms with van der Waals surface area (Å²) >= 11 is 5.91. The van der Waals surface area contributed by atoms with E-state index in [1.165, 1.54) is 0 Å². The number of rotatable bonds is 5. The summed E-state index contributed by atoms with van der Waals surface area (Å²) in [5.41, 5.74) is 0.993. The number of likely N-dealkylation sites (N-methyl/N-ethyl adjacent to an activating group) is 1. The molecule has 0 aromatic heterocycles. The van der Waals surface area contributed by atoms with Gasteiger partial charge in [0.05, 0.1) is 5.02 Å². The molecule has 76 valence electrons. The standard InChI is InChI=1S/C11H14ClNO/c1-9(7-13-2)8-14-11-6-4-3-5-10(11)12/h3-6,13H,1,7-8H2,2H3. The Labute approximate surface area is 89.5 Å². The third-order valence-corrected chi connectivity index (χ3v) is 2.01. The molecule has 2 nitrogen and oxygen atoms in total. The van der Waals surface area contributed by atoms with E-state index in [1.54, 1.807) is 6.07 Å². The Balaban J connectivity index is 2.46. The van der Waals surface area contributed by atoms with Crippen LogP contribution >= 0.6 is 11.6 Å². The number of halogens is 1. The monoisotopic (exact) mass is 211 g/mol. The highest BCUT2D eigenvalue weighted by Gasteiger charge is 2.00. The maximum absolute atomic E-state index is 5.91. The lowest BCUT2D eigenvalue weighted by Gasteiger charge is -2.09. The van der Waals surface area contributed by atoms with Gasteiger partial charge in [-0.25, -0.2) is 0 Å². The molecular weight excluding hydrogens is 198 g/mol. The maximum Gasteiger partial charge on any atom is 0.138 e. The summed E-state index contributed by atoms with van der Waals surface area (Å²) in [5.74, 6) is 0.700. The van der Waals surface area contributed by atoms with Gasteiger partial charge in [0, 0.05) is 6.54 Å². The van der Waals surface area contributed by atoms with E-state index in [0.29, 0.717) is 17.4 Å². The van der Waals surface area contributed by atoms with Crippen LogP contribution in [0.5, 0.6) is 5.75 Å². The molecule has 0 aliphatic carbocycles. The minimum Gasteiger partial charge on any atom is -0.488 e. The van der Waals surface area contributed by atoms with Crippen molar-refractivity contribution in [3.05, 3.63) is 41.4 Å². The second-order valence-electron chi connectivity index (χ2n) is 3.00. The number of nitrogens with one attached hydrogen (secondary N) is 1. The Morgan fingerprint density at radius 1 is 1.50 bits per heavy atom. The molecule has 0 aliphatic rings. The average molecular weight is 212 g/mol. The zero-order chi connectivity index (χ0) is 10.4. The van der Waals surface area contributed by atoms with Crippen molar-refractivity contribution in [1.82, 2.24) is 5.32 Å². The molecular formula is C11H14ClNO. The highest BCUT2D eigenvalue weighted by atomic mass is 35.5. The first kappa shape index (κ1) is 11.1. The third-order valence-electron chi connectivity index (χ3n) is 1.70. The van der Waals surface area contributed by atoms with Gasteiger partial charge < -0.3 is 10.1 Å². The van der Waals surface area contributed by atoms with Crippen LogP contribution < -0.4 is 10.1 Å². The predicted molar refractivity (Wildman–Crippen MR) is 60.0 cm³/mol. The zero-order valence-electron chi connectivity index (χ0n) is 8.22. The molecule has 0 saturated heterocycles. The summed E-state index contributed by atoms with van der Waals surface area (Å²) in [6, 6.07) is 7.41. The zero-order valence-corrected chi connectivity index (χ0v) is 8.97. The third kappa shape index (κ3) is 3.40. The van der Waals surface area contributed by atoms with Crippen molar-refractivity contribution in [2.45, 2.75) is 0 Å². The normalized spacial score (nSPS) is 9.86. The van der Waals surface area contributed by atoms with Gasteiger partial charge in [-0.05, 0) is 24.8 Å².